The zero-order valence-corrected chi connectivity index (χ0v) is 8.72. The van der Waals surface area contributed by atoms with Gasteiger partial charge >= 0.3 is 5.97 Å². The van der Waals surface area contributed by atoms with E-state index in [2.05, 4.69) is 11.7 Å². The molecule has 0 aliphatic carbocycles. The first-order valence-electron chi connectivity index (χ1n) is 4.37. The van der Waals surface area contributed by atoms with Crippen LogP contribution in [0, 0.1) is 6.92 Å². The molecule has 0 heterocycles. The molecule has 3 heteroatoms. The van der Waals surface area contributed by atoms with Gasteiger partial charge in [0, 0.05) is 0 Å². The second-order valence-corrected chi connectivity index (χ2v) is 1.42. The van der Waals surface area contributed by atoms with Crippen molar-refractivity contribution in [3.8, 4) is 0 Å². The van der Waals surface area contributed by atoms with Crippen molar-refractivity contribution in [2.45, 2.75) is 34.1 Å². The maximum Gasteiger partial charge on any atom is 0.319 e. The van der Waals surface area contributed by atoms with Gasteiger partial charge in [0.25, 0.3) is 0 Å². The third-order valence-corrected chi connectivity index (χ3v) is 0.634. The summed E-state index contributed by atoms with van der Waals surface area (Å²) in [5, 5.41) is 0. The first kappa shape index (κ1) is 17.4. The molecule has 0 aromatic rings. The van der Waals surface area contributed by atoms with Gasteiger partial charge in [0.05, 0.1) is 27.0 Å². The second kappa shape index (κ2) is 22.4. The topological polar surface area (TPSA) is 52.3 Å². The summed E-state index contributed by atoms with van der Waals surface area (Å²) in [6.07, 6.45) is 0.853. The molecule has 0 amide bonds. The fraction of sp³-hybridized carbons (Fsp3) is 0.778. The van der Waals surface area contributed by atoms with Gasteiger partial charge in [-0.25, -0.2) is 0 Å². The van der Waals surface area contributed by atoms with Crippen LogP contribution >= 0.6 is 0 Å². The number of nitrogens with two attached hydrogens (primary N) is 1. The molecule has 0 unspecified atom stereocenters. The van der Waals surface area contributed by atoms with Crippen molar-refractivity contribution in [3.05, 3.63) is 6.92 Å². The molecule has 0 atom stereocenters. The van der Waals surface area contributed by atoms with Gasteiger partial charge in [0.2, 0.25) is 0 Å². The Morgan fingerprint density at radius 3 is 2.08 bits per heavy atom. The molecule has 0 rings (SSSR count). The van der Waals surface area contributed by atoms with Crippen LogP contribution in [0.1, 0.15) is 34.1 Å². The first-order valence-corrected chi connectivity index (χ1v) is 4.37. The second-order valence-electron chi connectivity index (χ2n) is 1.42. The quantitative estimate of drug-likeness (QED) is 0.526. The molecule has 0 saturated carbocycles. The summed E-state index contributed by atoms with van der Waals surface area (Å²) in [4.78, 5) is 10.2. The zero-order valence-electron chi connectivity index (χ0n) is 8.72. The Morgan fingerprint density at radius 1 is 1.42 bits per heavy atom. The summed E-state index contributed by atoms with van der Waals surface area (Å²) in [5.74, 6) is -0.327. The lowest BCUT2D eigenvalue weighted by atomic mass is 10.5. The van der Waals surface area contributed by atoms with Gasteiger partial charge in [-0.05, 0) is 6.42 Å². The van der Waals surface area contributed by atoms with E-state index in [1.165, 1.54) is 0 Å². The molecule has 3 nitrogen and oxygen atoms in total. The molecule has 2 N–H and O–H groups in total. The Balaban J connectivity index is -0.000000175. The Bertz CT molecular complexity index is 74.9. The van der Waals surface area contributed by atoms with Crippen LogP contribution in [0.5, 0.6) is 0 Å². The normalized spacial score (nSPS) is 6.75. The van der Waals surface area contributed by atoms with E-state index in [1.807, 2.05) is 20.8 Å². The highest BCUT2D eigenvalue weighted by atomic mass is 16.5. The van der Waals surface area contributed by atoms with Crippen molar-refractivity contribution >= 4 is 5.97 Å². The van der Waals surface area contributed by atoms with Gasteiger partial charge in [-0.2, -0.15) is 0 Å². The molecular formula is C9H22NO2+. The third-order valence-electron chi connectivity index (χ3n) is 0.634. The van der Waals surface area contributed by atoms with Gasteiger partial charge in [0.1, 0.15) is 0 Å². The van der Waals surface area contributed by atoms with Crippen molar-refractivity contribution in [2.24, 2.45) is 5.73 Å². The number of rotatable bonds is 3. The van der Waals surface area contributed by atoms with Gasteiger partial charge in [-0.1, -0.05) is 20.8 Å². The molecule has 0 saturated heterocycles. The maximum atomic E-state index is 10.2. The molecule has 0 aliphatic rings. The number of ether oxygens (including phenoxy) is 1. The zero-order chi connectivity index (χ0) is 10.4. The lowest BCUT2D eigenvalue weighted by Gasteiger charge is -1.97. The Kier molecular flexibility index (Phi) is 32.5. The average Bonchev–Trinajstić information content (AvgIpc) is 2.20. The summed E-state index contributed by atoms with van der Waals surface area (Å²) in [6, 6.07) is 0. The highest BCUT2D eigenvalue weighted by Gasteiger charge is 1.93. The van der Waals surface area contributed by atoms with Gasteiger partial charge < -0.3 is 10.5 Å². The first-order chi connectivity index (χ1) is 5.81. The van der Waals surface area contributed by atoms with E-state index in [0.29, 0.717) is 6.61 Å². The highest BCUT2D eigenvalue weighted by Crippen LogP contribution is 1.78. The maximum absolute atomic E-state index is 10.2. The average molecular weight is 176 g/mol. The third kappa shape index (κ3) is 22.8. The number of carbonyl (C=O) groups excluding carboxylic acids is 1. The Labute approximate surface area is 76.3 Å². The molecule has 0 aromatic carbocycles. The lowest BCUT2D eigenvalue weighted by Crippen LogP contribution is -2.16. The van der Waals surface area contributed by atoms with E-state index in [4.69, 9.17) is 5.73 Å². The van der Waals surface area contributed by atoms with E-state index >= 15 is 0 Å². The summed E-state index contributed by atoms with van der Waals surface area (Å²) in [6.45, 7) is 11.4. The molecule has 0 bridgehead atoms. The van der Waals surface area contributed by atoms with Gasteiger partial charge in [-0.3, -0.25) is 4.79 Å². The smallest absolute Gasteiger partial charge is 0.319 e. The fourth-order valence-electron chi connectivity index (χ4n) is 0.275. The summed E-state index contributed by atoms with van der Waals surface area (Å²) < 4.78 is 4.58. The summed E-state index contributed by atoms with van der Waals surface area (Å²) >= 11 is 0. The molecule has 0 radical (unpaired) electrons. The van der Waals surface area contributed by atoms with Crippen LogP contribution in [-0.2, 0) is 9.53 Å². The fourth-order valence-corrected chi connectivity index (χ4v) is 0.275. The number of carbonyl (C=O) groups is 1. The molecule has 0 fully saturated rings. The van der Waals surface area contributed by atoms with Crippen LogP contribution < -0.4 is 5.73 Å². The van der Waals surface area contributed by atoms with Crippen LogP contribution in [0.2, 0.25) is 0 Å². The van der Waals surface area contributed by atoms with Crippen LogP contribution in [0.15, 0.2) is 0 Å². The lowest BCUT2D eigenvalue weighted by molar-refractivity contribution is -0.141. The molecule has 74 valence electrons. The van der Waals surface area contributed by atoms with E-state index in [9.17, 15) is 4.79 Å². The van der Waals surface area contributed by atoms with E-state index in [-0.39, 0.29) is 12.5 Å². The molecule has 0 aliphatic heterocycles. The van der Waals surface area contributed by atoms with Gasteiger partial charge in [-0.15, -0.1) is 0 Å². The van der Waals surface area contributed by atoms with Crippen LogP contribution in [0.3, 0.4) is 0 Å². The number of hydrogen-bond acceptors (Lipinski definition) is 3. The minimum Gasteiger partial charge on any atom is -0.465 e. The Morgan fingerprint density at radius 2 is 1.83 bits per heavy atom. The van der Waals surface area contributed by atoms with Crippen molar-refractivity contribution < 1.29 is 9.53 Å². The molecule has 0 spiro atoms. The largest absolute Gasteiger partial charge is 0.465 e. The predicted octanol–water partition coefficient (Wildman–Crippen LogP) is 1.76. The van der Waals surface area contributed by atoms with Crippen molar-refractivity contribution in [1.82, 2.24) is 0 Å². The summed E-state index contributed by atoms with van der Waals surface area (Å²) in [7, 11) is 0. The number of esters is 1. The Hall–Kier alpha value is -0.700. The highest BCUT2D eigenvalue weighted by molar-refractivity contribution is 5.71. The summed E-state index contributed by atoms with van der Waals surface area (Å²) in [5.41, 5.74) is 4.94. The van der Waals surface area contributed by atoms with Crippen molar-refractivity contribution in [3.63, 3.8) is 0 Å². The predicted molar refractivity (Wildman–Crippen MR) is 52.7 cm³/mol. The molecule has 12 heavy (non-hydrogen) atoms. The number of hydrogen-bond donors (Lipinski definition) is 1. The standard InChI is InChI=1S/C5H11NO2.C2H6.C2H5/c1-2-3-8-5(7)4-6;2*1-2/h2-4,6H2,1H3;1-2H3;1H2,2H3/q;;+1. The van der Waals surface area contributed by atoms with Crippen LogP contribution in [0.4, 0.5) is 0 Å². The van der Waals surface area contributed by atoms with Crippen molar-refractivity contribution in [2.75, 3.05) is 13.2 Å². The van der Waals surface area contributed by atoms with Crippen LogP contribution in [0.25, 0.3) is 0 Å². The van der Waals surface area contributed by atoms with E-state index in [0.717, 1.165) is 6.42 Å². The van der Waals surface area contributed by atoms with E-state index in [1.54, 1.807) is 6.92 Å². The molecule has 0 aromatic heterocycles. The molecular weight excluding hydrogens is 154 g/mol. The van der Waals surface area contributed by atoms with E-state index < -0.39 is 0 Å². The van der Waals surface area contributed by atoms with Crippen molar-refractivity contribution in [1.29, 1.82) is 0 Å². The SMILES string of the molecule is CC.CCCOC(=O)CN.[CH2+]C. The minimum absolute atomic E-state index is 0.0139. The van der Waals surface area contributed by atoms with Crippen LogP contribution in [-0.4, -0.2) is 19.1 Å². The minimum atomic E-state index is -0.327. The van der Waals surface area contributed by atoms with Gasteiger partial charge in [0.15, 0.2) is 0 Å². The monoisotopic (exact) mass is 176 g/mol.